The average Bonchev–Trinajstić information content (AvgIpc) is 2.36. The lowest BCUT2D eigenvalue weighted by molar-refractivity contribution is 0.0526. The van der Waals surface area contributed by atoms with Crippen LogP contribution in [0.5, 0.6) is 0 Å². The van der Waals surface area contributed by atoms with Gasteiger partial charge in [0.15, 0.2) is 0 Å². The third-order valence-corrected chi connectivity index (χ3v) is 3.24. The monoisotopic (exact) mass is 332 g/mol. The lowest BCUT2D eigenvalue weighted by Gasteiger charge is -2.22. The van der Waals surface area contributed by atoms with Crippen LogP contribution in [0.3, 0.4) is 0 Å². The summed E-state index contributed by atoms with van der Waals surface area (Å²) in [4.78, 5) is 12.0. The highest BCUT2D eigenvalue weighted by atomic mass is 32.2. The van der Waals surface area contributed by atoms with Crippen molar-refractivity contribution in [3.63, 3.8) is 0 Å². The van der Waals surface area contributed by atoms with Crippen molar-refractivity contribution in [2.75, 3.05) is 11.9 Å². The van der Waals surface area contributed by atoms with Gasteiger partial charge in [0.2, 0.25) is 0 Å². The number of rotatable bonds is 6. The highest BCUT2D eigenvalue weighted by Crippen LogP contribution is 2.31. The molecule has 0 bridgehead atoms. The maximum Gasteiger partial charge on any atom is 0.407 e. The molecule has 0 aliphatic rings. The van der Waals surface area contributed by atoms with Gasteiger partial charge in [0.05, 0.1) is 0 Å². The van der Waals surface area contributed by atoms with Gasteiger partial charge in [-0.2, -0.15) is 8.78 Å². The third kappa shape index (κ3) is 7.49. The van der Waals surface area contributed by atoms with Crippen molar-refractivity contribution >= 4 is 23.5 Å². The zero-order valence-electron chi connectivity index (χ0n) is 13.2. The maximum atomic E-state index is 12.5. The quantitative estimate of drug-likeness (QED) is 0.762. The number of anilines is 1. The number of para-hydroxylation sites is 1. The molecule has 0 saturated carbocycles. The molecule has 0 saturated heterocycles. The number of alkyl halides is 2. The molecule has 1 aromatic rings. The molecule has 124 valence electrons. The summed E-state index contributed by atoms with van der Waals surface area (Å²) in [6.45, 7) is 7.52. The Bertz CT molecular complexity index is 493. The summed E-state index contributed by atoms with van der Waals surface area (Å²) >= 11 is 0.491. The third-order valence-electron chi connectivity index (χ3n) is 2.46. The standard InChI is InChI=1S/C15H22F2N2O2S/c1-10(9-18-14(20)21-15(2,3)4)19-11-7-5-6-8-12(11)22-13(16)17/h5-8,10,13,19H,9H2,1-4H3,(H,18,20). The summed E-state index contributed by atoms with van der Waals surface area (Å²) in [6.07, 6.45) is -0.503. The minimum absolute atomic E-state index is 0.132. The zero-order chi connectivity index (χ0) is 16.8. The first kappa shape index (κ1) is 18.5. The van der Waals surface area contributed by atoms with Crippen molar-refractivity contribution in [1.82, 2.24) is 5.32 Å². The number of hydrogen-bond acceptors (Lipinski definition) is 4. The van der Waals surface area contributed by atoms with Crippen LogP contribution < -0.4 is 10.6 Å². The van der Waals surface area contributed by atoms with E-state index < -0.39 is 17.5 Å². The highest BCUT2D eigenvalue weighted by molar-refractivity contribution is 7.99. The largest absolute Gasteiger partial charge is 0.444 e. The van der Waals surface area contributed by atoms with Crippen molar-refractivity contribution in [1.29, 1.82) is 0 Å². The predicted molar refractivity (Wildman–Crippen MR) is 85.6 cm³/mol. The molecule has 22 heavy (non-hydrogen) atoms. The topological polar surface area (TPSA) is 50.4 Å². The van der Waals surface area contributed by atoms with E-state index >= 15 is 0 Å². The Balaban J connectivity index is 2.52. The summed E-state index contributed by atoms with van der Waals surface area (Å²) < 4.78 is 30.2. The number of thioether (sulfide) groups is 1. The second-order valence-corrected chi connectivity index (χ2v) is 6.83. The fourth-order valence-electron chi connectivity index (χ4n) is 1.65. The van der Waals surface area contributed by atoms with Crippen LogP contribution in [0.4, 0.5) is 19.3 Å². The van der Waals surface area contributed by atoms with Crippen LogP contribution in [-0.4, -0.2) is 30.0 Å². The number of halogens is 2. The lowest BCUT2D eigenvalue weighted by atomic mass is 10.2. The number of alkyl carbamates (subject to hydrolysis) is 1. The van der Waals surface area contributed by atoms with Crippen molar-refractivity contribution in [2.24, 2.45) is 0 Å². The van der Waals surface area contributed by atoms with Gasteiger partial charge in [-0.15, -0.1) is 0 Å². The second kappa shape index (κ2) is 8.22. The smallest absolute Gasteiger partial charge is 0.407 e. The van der Waals surface area contributed by atoms with E-state index in [1.165, 1.54) is 0 Å². The van der Waals surface area contributed by atoms with Crippen molar-refractivity contribution < 1.29 is 18.3 Å². The summed E-state index contributed by atoms with van der Waals surface area (Å²) in [6, 6.07) is 6.71. The van der Waals surface area contributed by atoms with E-state index in [-0.39, 0.29) is 6.04 Å². The molecule has 1 rings (SSSR count). The molecule has 0 aromatic heterocycles. The minimum atomic E-state index is -2.47. The van der Waals surface area contributed by atoms with E-state index in [9.17, 15) is 13.6 Å². The molecule has 0 aliphatic carbocycles. The molecule has 0 spiro atoms. The first-order chi connectivity index (χ1) is 10.2. The molecule has 1 unspecified atom stereocenters. The van der Waals surface area contributed by atoms with E-state index in [4.69, 9.17) is 4.74 Å². The average molecular weight is 332 g/mol. The van der Waals surface area contributed by atoms with Gasteiger partial charge < -0.3 is 15.4 Å². The predicted octanol–water partition coefficient (Wildman–Crippen LogP) is 4.33. The number of carbonyl (C=O) groups excluding carboxylic acids is 1. The molecule has 2 N–H and O–H groups in total. The molecule has 1 amide bonds. The lowest BCUT2D eigenvalue weighted by Crippen LogP contribution is -2.38. The molecule has 0 radical (unpaired) electrons. The summed E-state index contributed by atoms with van der Waals surface area (Å²) in [5.74, 6) is -2.47. The molecule has 0 fully saturated rings. The highest BCUT2D eigenvalue weighted by Gasteiger charge is 2.17. The van der Waals surface area contributed by atoms with E-state index in [0.29, 0.717) is 28.9 Å². The van der Waals surface area contributed by atoms with Crippen molar-refractivity contribution in [3.05, 3.63) is 24.3 Å². The number of amides is 1. The van der Waals surface area contributed by atoms with Gasteiger partial charge in [0, 0.05) is 23.2 Å². The van der Waals surface area contributed by atoms with E-state index in [2.05, 4.69) is 10.6 Å². The molecule has 7 heteroatoms. The van der Waals surface area contributed by atoms with Crippen LogP contribution in [0.15, 0.2) is 29.2 Å². The van der Waals surface area contributed by atoms with Crippen LogP contribution in [0.1, 0.15) is 27.7 Å². The van der Waals surface area contributed by atoms with Crippen LogP contribution in [0.25, 0.3) is 0 Å². The zero-order valence-corrected chi connectivity index (χ0v) is 14.0. The van der Waals surface area contributed by atoms with Gasteiger partial charge in [0.1, 0.15) is 5.60 Å². The Morgan fingerprint density at radius 3 is 2.55 bits per heavy atom. The SMILES string of the molecule is CC(CNC(=O)OC(C)(C)C)Nc1ccccc1SC(F)F. The number of nitrogens with one attached hydrogen (secondary N) is 2. The Labute approximate surface area is 134 Å². The Morgan fingerprint density at radius 1 is 1.32 bits per heavy atom. The van der Waals surface area contributed by atoms with Crippen LogP contribution in [0, 0.1) is 0 Å². The van der Waals surface area contributed by atoms with Gasteiger partial charge >= 0.3 is 6.09 Å². The van der Waals surface area contributed by atoms with Crippen LogP contribution in [-0.2, 0) is 4.74 Å². The molecule has 1 aromatic carbocycles. The fraction of sp³-hybridized carbons (Fsp3) is 0.533. The molecular weight excluding hydrogens is 310 g/mol. The Kier molecular flexibility index (Phi) is 6.93. The first-order valence-corrected chi connectivity index (χ1v) is 7.82. The molecular formula is C15H22F2N2O2S. The fourth-order valence-corrected chi connectivity index (χ4v) is 2.25. The van der Waals surface area contributed by atoms with Gasteiger partial charge in [-0.25, -0.2) is 4.79 Å². The summed E-state index contributed by atoms with van der Waals surface area (Å²) in [7, 11) is 0. The van der Waals surface area contributed by atoms with Crippen LogP contribution >= 0.6 is 11.8 Å². The van der Waals surface area contributed by atoms with Gasteiger partial charge in [-0.05, 0) is 39.8 Å². The minimum Gasteiger partial charge on any atom is -0.444 e. The van der Waals surface area contributed by atoms with Gasteiger partial charge in [0.25, 0.3) is 5.76 Å². The Hall–Kier alpha value is -1.50. The first-order valence-electron chi connectivity index (χ1n) is 6.94. The van der Waals surface area contributed by atoms with Crippen molar-refractivity contribution in [3.8, 4) is 0 Å². The number of hydrogen-bond donors (Lipinski definition) is 2. The number of carbonyl (C=O) groups is 1. The van der Waals surface area contributed by atoms with E-state index in [0.717, 1.165) is 0 Å². The summed E-state index contributed by atoms with van der Waals surface area (Å²) in [5.41, 5.74) is 0.0626. The van der Waals surface area contributed by atoms with Gasteiger partial charge in [-0.3, -0.25) is 0 Å². The maximum absolute atomic E-state index is 12.5. The number of ether oxygens (including phenoxy) is 1. The van der Waals surface area contributed by atoms with Gasteiger partial charge in [-0.1, -0.05) is 23.9 Å². The van der Waals surface area contributed by atoms with E-state index in [1.807, 2.05) is 6.92 Å². The Morgan fingerprint density at radius 2 is 1.95 bits per heavy atom. The molecule has 0 heterocycles. The van der Waals surface area contributed by atoms with E-state index in [1.54, 1.807) is 45.0 Å². The normalized spacial score (nSPS) is 12.9. The number of benzene rings is 1. The molecule has 1 atom stereocenters. The summed E-state index contributed by atoms with van der Waals surface area (Å²) in [5, 5.41) is 5.75. The van der Waals surface area contributed by atoms with Crippen molar-refractivity contribution in [2.45, 2.75) is 50.0 Å². The second-order valence-electron chi connectivity index (χ2n) is 5.80. The van der Waals surface area contributed by atoms with Crippen LogP contribution in [0.2, 0.25) is 0 Å². The molecule has 0 aliphatic heterocycles. The molecule has 4 nitrogen and oxygen atoms in total.